The summed E-state index contributed by atoms with van der Waals surface area (Å²) in [4.78, 5) is 0. The molecular formula is C19H23NO2S. The van der Waals surface area contributed by atoms with E-state index in [-0.39, 0.29) is 0 Å². The van der Waals surface area contributed by atoms with Crippen molar-refractivity contribution in [2.75, 3.05) is 12.4 Å². The molecule has 1 N–H and O–H groups in total. The molecule has 0 spiro atoms. The topological polar surface area (TPSA) is 30.5 Å². The van der Waals surface area contributed by atoms with Gasteiger partial charge in [0.2, 0.25) is 0 Å². The van der Waals surface area contributed by atoms with E-state index in [4.69, 9.17) is 21.7 Å². The molecular weight excluding hydrogens is 306 g/mol. The Morgan fingerprint density at radius 3 is 2.65 bits per heavy atom. The summed E-state index contributed by atoms with van der Waals surface area (Å²) < 4.78 is 11.1. The van der Waals surface area contributed by atoms with Crippen molar-refractivity contribution in [3.63, 3.8) is 0 Å². The molecule has 122 valence electrons. The highest BCUT2D eigenvalue weighted by Gasteiger charge is 2.10. The van der Waals surface area contributed by atoms with Crippen molar-refractivity contribution >= 4 is 23.1 Å². The van der Waals surface area contributed by atoms with Crippen LogP contribution in [0.1, 0.15) is 29.2 Å². The highest BCUT2D eigenvalue weighted by atomic mass is 32.1. The summed E-state index contributed by atoms with van der Waals surface area (Å²) in [5.41, 5.74) is 5.62. The SMILES string of the molecule is CCc1cc(C)ccc1OCc1c(C)cccc1NC(=S)OC. The molecule has 2 aromatic rings. The smallest absolute Gasteiger partial charge is 0.260 e. The molecule has 0 saturated carbocycles. The van der Waals surface area contributed by atoms with E-state index in [1.54, 1.807) is 7.11 Å². The summed E-state index contributed by atoms with van der Waals surface area (Å²) in [5, 5.41) is 3.45. The standard InChI is InChI=1S/C19H23NO2S/c1-5-15-11-13(2)9-10-18(15)22-12-16-14(3)7-6-8-17(16)20-19(23)21-4/h6-11H,5,12H2,1-4H3,(H,20,23). The third-order valence-electron chi connectivity index (χ3n) is 3.80. The molecule has 0 saturated heterocycles. The lowest BCUT2D eigenvalue weighted by Crippen LogP contribution is -2.13. The van der Waals surface area contributed by atoms with Gasteiger partial charge in [-0.05, 0) is 55.7 Å². The fraction of sp³-hybridized carbons (Fsp3) is 0.316. The Balaban J connectivity index is 2.22. The molecule has 0 bridgehead atoms. The lowest BCUT2D eigenvalue weighted by Gasteiger charge is -2.16. The van der Waals surface area contributed by atoms with Gasteiger partial charge in [-0.25, -0.2) is 0 Å². The first kappa shape index (κ1) is 17.3. The number of rotatable bonds is 5. The fourth-order valence-corrected chi connectivity index (χ4v) is 2.56. The van der Waals surface area contributed by atoms with Crippen LogP contribution < -0.4 is 10.1 Å². The van der Waals surface area contributed by atoms with E-state index in [1.165, 1.54) is 11.1 Å². The van der Waals surface area contributed by atoms with Gasteiger partial charge < -0.3 is 14.8 Å². The average Bonchev–Trinajstić information content (AvgIpc) is 2.55. The molecule has 0 radical (unpaired) electrons. The van der Waals surface area contributed by atoms with Gasteiger partial charge in [0.05, 0.1) is 7.11 Å². The maximum absolute atomic E-state index is 6.08. The third kappa shape index (κ3) is 4.45. The molecule has 2 aromatic carbocycles. The summed E-state index contributed by atoms with van der Waals surface area (Å²) >= 11 is 5.10. The molecule has 2 rings (SSSR count). The predicted molar refractivity (Wildman–Crippen MR) is 99.3 cm³/mol. The van der Waals surface area contributed by atoms with Gasteiger partial charge in [-0.1, -0.05) is 36.8 Å². The molecule has 0 aliphatic carbocycles. The minimum atomic E-state index is 0.349. The Labute approximate surface area is 143 Å². The molecule has 0 aromatic heterocycles. The number of methoxy groups -OCH3 is 1. The average molecular weight is 329 g/mol. The number of thiocarbonyl (C=S) groups is 1. The zero-order chi connectivity index (χ0) is 16.8. The van der Waals surface area contributed by atoms with E-state index < -0.39 is 0 Å². The Morgan fingerprint density at radius 2 is 1.96 bits per heavy atom. The largest absolute Gasteiger partial charge is 0.489 e. The van der Waals surface area contributed by atoms with Crippen molar-refractivity contribution in [1.82, 2.24) is 0 Å². The molecule has 0 amide bonds. The Kier molecular flexibility index (Phi) is 5.99. The van der Waals surface area contributed by atoms with Crippen LogP contribution in [0.4, 0.5) is 5.69 Å². The first-order valence-electron chi connectivity index (χ1n) is 7.71. The summed E-state index contributed by atoms with van der Waals surface area (Å²) in [6, 6.07) is 12.3. The summed E-state index contributed by atoms with van der Waals surface area (Å²) in [6.45, 7) is 6.78. The van der Waals surface area contributed by atoms with Crippen LogP contribution in [0.3, 0.4) is 0 Å². The molecule has 0 heterocycles. The van der Waals surface area contributed by atoms with Gasteiger partial charge in [-0.3, -0.25) is 0 Å². The zero-order valence-electron chi connectivity index (χ0n) is 14.1. The van der Waals surface area contributed by atoms with Crippen LogP contribution in [-0.2, 0) is 17.8 Å². The van der Waals surface area contributed by atoms with Gasteiger partial charge in [-0.15, -0.1) is 0 Å². The number of ether oxygens (including phenoxy) is 2. The van der Waals surface area contributed by atoms with E-state index in [1.807, 2.05) is 18.2 Å². The van der Waals surface area contributed by atoms with Gasteiger partial charge >= 0.3 is 0 Å². The normalized spacial score (nSPS) is 10.3. The van der Waals surface area contributed by atoms with Gasteiger partial charge in [-0.2, -0.15) is 0 Å². The first-order valence-corrected chi connectivity index (χ1v) is 8.11. The number of hydrogen-bond donors (Lipinski definition) is 1. The van der Waals surface area contributed by atoms with Crippen molar-refractivity contribution < 1.29 is 9.47 Å². The van der Waals surface area contributed by atoms with Crippen molar-refractivity contribution in [2.45, 2.75) is 33.8 Å². The molecule has 0 fully saturated rings. The van der Waals surface area contributed by atoms with Gasteiger partial charge in [0, 0.05) is 11.3 Å². The van der Waals surface area contributed by atoms with Crippen LogP contribution in [0, 0.1) is 13.8 Å². The third-order valence-corrected chi connectivity index (χ3v) is 4.07. The summed E-state index contributed by atoms with van der Waals surface area (Å²) in [5.74, 6) is 0.932. The fourth-order valence-electron chi connectivity index (χ4n) is 2.45. The second kappa shape index (κ2) is 7.97. The van der Waals surface area contributed by atoms with Gasteiger partial charge in [0.1, 0.15) is 12.4 Å². The van der Waals surface area contributed by atoms with Crippen molar-refractivity contribution in [2.24, 2.45) is 0 Å². The zero-order valence-corrected chi connectivity index (χ0v) is 14.9. The van der Waals surface area contributed by atoms with E-state index in [0.29, 0.717) is 11.8 Å². The van der Waals surface area contributed by atoms with Crippen molar-refractivity contribution in [3.8, 4) is 5.75 Å². The molecule has 0 atom stereocenters. The highest BCUT2D eigenvalue weighted by Crippen LogP contribution is 2.25. The monoisotopic (exact) mass is 329 g/mol. The second-order valence-corrected chi connectivity index (χ2v) is 5.84. The Bertz CT molecular complexity index is 698. The van der Waals surface area contributed by atoms with Crippen LogP contribution in [0.25, 0.3) is 0 Å². The highest BCUT2D eigenvalue weighted by molar-refractivity contribution is 7.80. The van der Waals surface area contributed by atoms with E-state index in [0.717, 1.165) is 29.0 Å². The minimum Gasteiger partial charge on any atom is -0.489 e. The van der Waals surface area contributed by atoms with Crippen molar-refractivity contribution in [3.05, 3.63) is 58.7 Å². The molecule has 0 aliphatic heterocycles. The maximum Gasteiger partial charge on any atom is 0.260 e. The summed E-state index contributed by atoms with van der Waals surface area (Å²) in [6.07, 6.45) is 0.948. The molecule has 4 heteroatoms. The first-order chi connectivity index (χ1) is 11.0. The number of aryl methyl sites for hydroxylation is 3. The second-order valence-electron chi connectivity index (χ2n) is 5.47. The molecule has 23 heavy (non-hydrogen) atoms. The number of hydrogen-bond acceptors (Lipinski definition) is 3. The molecule has 0 aliphatic rings. The summed E-state index contributed by atoms with van der Waals surface area (Å²) in [7, 11) is 1.56. The van der Waals surface area contributed by atoms with Crippen molar-refractivity contribution in [1.29, 1.82) is 0 Å². The van der Waals surface area contributed by atoms with Crippen LogP contribution >= 0.6 is 12.2 Å². The predicted octanol–water partition coefficient (Wildman–Crippen LogP) is 4.79. The van der Waals surface area contributed by atoms with E-state index in [2.05, 4.69) is 44.3 Å². The molecule has 0 unspecified atom stereocenters. The van der Waals surface area contributed by atoms with Crippen LogP contribution in [0.2, 0.25) is 0 Å². The van der Waals surface area contributed by atoms with Gasteiger partial charge in [0.25, 0.3) is 5.17 Å². The lowest BCUT2D eigenvalue weighted by atomic mass is 10.1. The maximum atomic E-state index is 6.08. The Hall–Kier alpha value is -2.07. The quantitative estimate of drug-likeness (QED) is 0.799. The molecule has 3 nitrogen and oxygen atoms in total. The van der Waals surface area contributed by atoms with E-state index >= 15 is 0 Å². The minimum absolute atomic E-state index is 0.349. The number of benzene rings is 2. The lowest BCUT2D eigenvalue weighted by molar-refractivity contribution is 0.303. The number of nitrogens with one attached hydrogen (secondary N) is 1. The van der Waals surface area contributed by atoms with Crippen LogP contribution in [0.15, 0.2) is 36.4 Å². The Morgan fingerprint density at radius 1 is 1.17 bits per heavy atom. The van der Waals surface area contributed by atoms with E-state index in [9.17, 15) is 0 Å². The van der Waals surface area contributed by atoms with Gasteiger partial charge in [0.15, 0.2) is 0 Å². The van der Waals surface area contributed by atoms with Crippen LogP contribution in [0.5, 0.6) is 5.75 Å². The number of anilines is 1. The van der Waals surface area contributed by atoms with Crippen LogP contribution in [-0.4, -0.2) is 12.3 Å².